The Bertz CT molecular complexity index is 1230. The standard InChI is InChI=1S/C24H27ClN4O4S/c1-16(2)24-27-22(28-33-24)15-17-3-7-20(8-4-17)26-23(30)18-11-13-29(14-12-18)34(31,32)21-9-5-19(25)6-10-21/h3-10,16,18H,11-15H2,1-2H3,(H,26,30). The lowest BCUT2D eigenvalue weighted by Gasteiger charge is -2.30. The molecular formula is C24H27ClN4O4S. The second kappa shape index (κ2) is 10.2. The van der Waals surface area contributed by atoms with Crippen LogP contribution in [-0.2, 0) is 21.2 Å². The van der Waals surface area contributed by atoms with Crippen molar-refractivity contribution in [3.63, 3.8) is 0 Å². The normalized spacial score (nSPS) is 15.5. The molecule has 3 aromatic rings. The molecule has 34 heavy (non-hydrogen) atoms. The Balaban J connectivity index is 1.30. The molecular weight excluding hydrogens is 476 g/mol. The van der Waals surface area contributed by atoms with Crippen molar-refractivity contribution in [3.8, 4) is 0 Å². The molecule has 0 spiro atoms. The summed E-state index contributed by atoms with van der Waals surface area (Å²) in [5.41, 5.74) is 1.70. The van der Waals surface area contributed by atoms with Gasteiger partial charge >= 0.3 is 0 Å². The third-order valence-corrected chi connectivity index (χ3v) is 8.00. The molecule has 1 saturated heterocycles. The molecule has 0 aliphatic carbocycles. The second-order valence-electron chi connectivity index (χ2n) is 8.70. The average molecular weight is 503 g/mol. The van der Waals surface area contributed by atoms with E-state index in [1.165, 1.54) is 16.4 Å². The molecule has 0 unspecified atom stereocenters. The third-order valence-electron chi connectivity index (χ3n) is 5.84. The quantitative estimate of drug-likeness (QED) is 0.510. The van der Waals surface area contributed by atoms with Gasteiger partial charge in [0.05, 0.1) is 4.90 Å². The van der Waals surface area contributed by atoms with Gasteiger partial charge in [-0.2, -0.15) is 9.29 Å². The van der Waals surface area contributed by atoms with E-state index < -0.39 is 10.0 Å². The Morgan fingerprint density at radius 2 is 1.76 bits per heavy atom. The average Bonchev–Trinajstić information content (AvgIpc) is 3.30. The number of carbonyl (C=O) groups excluding carboxylic acids is 1. The first-order valence-corrected chi connectivity index (χ1v) is 13.0. The fraction of sp³-hybridized carbons (Fsp3) is 0.375. The van der Waals surface area contributed by atoms with E-state index in [1.54, 1.807) is 12.1 Å². The van der Waals surface area contributed by atoms with E-state index >= 15 is 0 Å². The number of rotatable bonds is 7. The van der Waals surface area contributed by atoms with Crippen LogP contribution < -0.4 is 5.32 Å². The molecule has 8 nitrogen and oxygen atoms in total. The number of nitrogens with zero attached hydrogens (tertiary/aromatic N) is 3. The number of hydrogen-bond acceptors (Lipinski definition) is 6. The Kier molecular flexibility index (Phi) is 7.35. The Morgan fingerprint density at radius 3 is 2.35 bits per heavy atom. The van der Waals surface area contributed by atoms with Crippen LogP contribution in [0.4, 0.5) is 5.69 Å². The highest BCUT2D eigenvalue weighted by molar-refractivity contribution is 7.89. The van der Waals surface area contributed by atoms with E-state index in [1.807, 2.05) is 38.1 Å². The van der Waals surface area contributed by atoms with Gasteiger partial charge in [0.15, 0.2) is 5.82 Å². The van der Waals surface area contributed by atoms with Gasteiger partial charge in [-0.1, -0.05) is 42.7 Å². The Morgan fingerprint density at radius 1 is 1.12 bits per heavy atom. The van der Waals surface area contributed by atoms with Gasteiger partial charge < -0.3 is 9.84 Å². The van der Waals surface area contributed by atoms with Gasteiger partial charge in [-0.3, -0.25) is 4.79 Å². The molecule has 1 amide bonds. The van der Waals surface area contributed by atoms with E-state index in [0.29, 0.717) is 54.8 Å². The molecule has 10 heteroatoms. The van der Waals surface area contributed by atoms with Crippen LogP contribution >= 0.6 is 11.6 Å². The van der Waals surface area contributed by atoms with Crippen LogP contribution in [-0.4, -0.2) is 41.9 Å². The number of amides is 1. The van der Waals surface area contributed by atoms with E-state index in [-0.39, 0.29) is 22.6 Å². The number of benzene rings is 2. The van der Waals surface area contributed by atoms with Gasteiger partial charge in [0, 0.05) is 42.1 Å². The van der Waals surface area contributed by atoms with Gasteiger partial charge in [-0.15, -0.1) is 0 Å². The predicted molar refractivity (Wildman–Crippen MR) is 129 cm³/mol. The molecule has 1 aliphatic rings. The summed E-state index contributed by atoms with van der Waals surface area (Å²) in [4.78, 5) is 17.3. The molecule has 0 radical (unpaired) electrons. The number of halogens is 1. The van der Waals surface area contributed by atoms with Crippen LogP contribution in [0.5, 0.6) is 0 Å². The van der Waals surface area contributed by atoms with E-state index in [9.17, 15) is 13.2 Å². The zero-order valence-corrected chi connectivity index (χ0v) is 20.6. The minimum atomic E-state index is -3.59. The maximum absolute atomic E-state index is 12.8. The van der Waals surface area contributed by atoms with Crippen LogP contribution in [0.3, 0.4) is 0 Å². The zero-order valence-electron chi connectivity index (χ0n) is 19.1. The highest BCUT2D eigenvalue weighted by Gasteiger charge is 2.32. The van der Waals surface area contributed by atoms with Crippen molar-refractivity contribution in [3.05, 3.63) is 70.8 Å². The summed E-state index contributed by atoms with van der Waals surface area (Å²) >= 11 is 5.86. The molecule has 1 fully saturated rings. The van der Waals surface area contributed by atoms with Crippen molar-refractivity contribution >= 4 is 33.2 Å². The summed E-state index contributed by atoms with van der Waals surface area (Å²) in [6.45, 7) is 4.59. The largest absolute Gasteiger partial charge is 0.339 e. The van der Waals surface area contributed by atoms with E-state index in [2.05, 4.69) is 15.5 Å². The first-order valence-electron chi connectivity index (χ1n) is 11.2. The predicted octanol–water partition coefficient (Wildman–Crippen LogP) is 4.48. The molecule has 1 N–H and O–H groups in total. The Labute approximate surface area is 204 Å². The summed E-state index contributed by atoms with van der Waals surface area (Å²) in [5, 5.41) is 7.43. The monoisotopic (exact) mass is 502 g/mol. The van der Waals surface area contributed by atoms with Crippen molar-refractivity contribution in [2.45, 2.75) is 43.9 Å². The van der Waals surface area contributed by atoms with Crippen LogP contribution in [0.1, 0.15) is 49.9 Å². The number of aromatic nitrogens is 2. The first-order chi connectivity index (χ1) is 16.2. The topological polar surface area (TPSA) is 105 Å². The minimum Gasteiger partial charge on any atom is -0.339 e. The summed E-state index contributed by atoms with van der Waals surface area (Å²) in [6.07, 6.45) is 1.48. The molecule has 0 atom stereocenters. The van der Waals surface area contributed by atoms with Crippen LogP contribution in [0.25, 0.3) is 0 Å². The molecule has 0 bridgehead atoms. The van der Waals surface area contributed by atoms with Crippen LogP contribution in [0, 0.1) is 5.92 Å². The summed E-state index contributed by atoms with van der Waals surface area (Å²) < 4.78 is 32.3. The zero-order chi connectivity index (χ0) is 24.3. The van der Waals surface area contributed by atoms with Crippen molar-refractivity contribution < 1.29 is 17.7 Å². The van der Waals surface area contributed by atoms with Crippen molar-refractivity contribution in [2.24, 2.45) is 5.92 Å². The van der Waals surface area contributed by atoms with Crippen molar-refractivity contribution in [1.82, 2.24) is 14.4 Å². The van der Waals surface area contributed by atoms with Crippen LogP contribution in [0.2, 0.25) is 5.02 Å². The van der Waals surface area contributed by atoms with Gasteiger partial charge in [-0.25, -0.2) is 8.42 Å². The number of carbonyl (C=O) groups is 1. The third kappa shape index (κ3) is 5.65. The van der Waals surface area contributed by atoms with Gasteiger partial charge in [0.2, 0.25) is 21.8 Å². The molecule has 4 rings (SSSR count). The lowest BCUT2D eigenvalue weighted by molar-refractivity contribution is -0.120. The number of sulfonamides is 1. The van der Waals surface area contributed by atoms with E-state index in [4.69, 9.17) is 16.1 Å². The fourth-order valence-electron chi connectivity index (χ4n) is 3.82. The number of hydrogen-bond donors (Lipinski definition) is 1. The second-order valence-corrected chi connectivity index (χ2v) is 11.1. The minimum absolute atomic E-state index is 0.101. The smallest absolute Gasteiger partial charge is 0.243 e. The Hall–Kier alpha value is -2.75. The molecule has 2 aromatic carbocycles. The van der Waals surface area contributed by atoms with Gasteiger partial charge in [0.1, 0.15) is 0 Å². The van der Waals surface area contributed by atoms with Crippen molar-refractivity contribution in [1.29, 1.82) is 0 Å². The molecule has 1 aromatic heterocycles. The lowest BCUT2D eigenvalue weighted by atomic mass is 9.97. The lowest BCUT2D eigenvalue weighted by Crippen LogP contribution is -2.41. The molecule has 0 saturated carbocycles. The maximum Gasteiger partial charge on any atom is 0.243 e. The molecule has 180 valence electrons. The number of anilines is 1. The number of nitrogens with one attached hydrogen (secondary N) is 1. The highest BCUT2D eigenvalue weighted by Crippen LogP contribution is 2.26. The van der Waals surface area contributed by atoms with Gasteiger partial charge in [-0.05, 0) is 54.8 Å². The maximum atomic E-state index is 12.8. The SMILES string of the molecule is CC(C)c1nc(Cc2ccc(NC(=O)C3CCN(S(=O)(=O)c4ccc(Cl)cc4)CC3)cc2)no1. The van der Waals surface area contributed by atoms with Crippen molar-refractivity contribution in [2.75, 3.05) is 18.4 Å². The highest BCUT2D eigenvalue weighted by atomic mass is 35.5. The van der Waals surface area contributed by atoms with Crippen LogP contribution in [0.15, 0.2) is 57.9 Å². The first kappa shape index (κ1) is 24.4. The number of piperidine rings is 1. The van der Waals surface area contributed by atoms with E-state index in [0.717, 1.165) is 5.56 Å². The molecule has 2 heterocycles. The fourth-order valence-corrected chi connectivity index (χ4v) is 5.42. The van der Waals surface area contributed by atoms with Gasteiger partial charge in [0.25, 0.3) is 0 Å². The summed E-state index contributed by atoms with van der Waals surface area (Å²) in [6, 6.07) is 13.7. The molecule has 1 aliphatic heterocycles. The summed E-state index contributed by atoms with van der Waals surface area (Å²) in [5.74, 6) is 1.08. The summed E-state index contributed by atoms with van der Waals surface area (Å²) in [7, 11) is -3.59.